The third kappa shape index (κ3) is 3.68. The van der Waals surface area contributed by atoms with Crippen LogP contribution in [0.5, 0.6) is 0 Å². The lowest BCUT2D eigenvalue weighted by Crippen LogP contribution is -2.25. The first-order valence-corrected chi connectivity index (χ1v) is 8.93. The standard InChI is InChI=1S/C20H23N3O/c1-15-20(22-23(21-15)14-19-4-2-3-13-24-19)18-11-9-17(10-12-18)8-7-16-5-6-16/h9-12,16,19H,2-6,13-14H2,1H3. The second-order valence-electron chi connectivity index (χ2n) is 6.80. The van der Waals surface area contributed by atoms with Gasteiger partial charge in [0.2, 0.25) is 0 Å². The minimum atomic E-state index is 0.249. The van der Waals surface area contributed by atoms with Crippen molar-refractivity contribution in [2.45, 2.75) is 51.7 Å². The highest BCUT2D eigenvalue weighted by atomic mass is 16.5. The van der Waals surface area contributed by atoms with E-state index in [0.717, 1.165) is 42.1 Å². The van der Waals surface area contributed by atoms with Gasteiger partial charge < -0.3 is 4.74 Å². The zero-order valence-corrected chi connectivity index (χ0v) is 14.2. The predicted octanol–water partition coefficient (Wildman–Crippen LogP) is 3.58. The van der Waals surface area contributed by atoms with Crippen molar-refractivity contribution in [3.8, 4) is 23.1 Å². The van der Waals surface area contributed by atoms with Gasteiger partial charge in [0, 0.05) is 23.7 Å². The lowest BCUT2D eigenvalue weighted by molar-refractivity contribution is 0.00158. The van der Waals surface area contributed by atoms with Gasteiger partial charge in [-0.2, -0.15) is 15.0 Å². The van der Waals surface area contributed by atoms with Crippen LogP contribution in [-0.2, 0) is 11.3 Å². The van der Waals surface area contributed by atoms with E-state index < -0.39 is 0 Å². The molecule has 0 N–H and O–H groups in total. The second-order valence-corrected chi connectivity index (χ2v) is 6.80. The van der Waals surface area contributed by atoms with Gasteiger partial charge in [-0.3, -0.25) is 0 Å². The van der Waals surface area contributed by atoms with E-state index in [0.29, 0.717) is 5.92 Å². The average molecular weight is 321 g/mol. The van der Waals surface area contributed by atoms with Gasteiger partial charge in [0.25, 0.3) is 0 Å². The Morgan fingerprint density at radius 1 is 1.12 bits per heavy atom. The van der Waals surface area contributed by atoms with Crippen LogP contribution in [0.2, 0.25) is 0 Å². The van der Waals surface area contributed by atoms with Crippen LogP contribution < -0.4 is 0 Å². The molecule has 2 aliphatic rings. The largest absolute Gasteiger partial charge is 0.376 e. The van der Waals surface area contributed by atoms with Crippen molar-refractivity contribution in [1.29, 1.82) is 0 Å². The number of hydrogen-bond acceptors (Lipinski definition) is 3. The van der Waals surface area contributed by atoms with Crippen LogP contribution in [0.25, 0.3) is 11.3 Å². The van der Waals surface area contributed by atoms with Crippen LogP contribution in [0.1, 0.15) is 43.4 Å². The maximum Gasteiger partial charge on any atom is 0.115 e. The van der Waals surface area contributed by atoms with Gasteiger partial charge in [0.15, 0.2) is 0 Å². The summed E-state index contributed by atoms with van der Waals surface area (Å²) in [5.41, 5.74) is 4.08. The Morgan fingerprint density at radius 2 is 1.96 bits per heavy atom. The van der Waals surface area contributed by atoms with E-state index in [4.69, 9.17) is 4.74 Å². The molecule has 1 aromatic carbocycles. The molecule has 1 aliphatic carbocycles. The molecule has 4 nitrogen and oxygen atoms in total. The molecule has 1 aliphatic heterocycles. The molecule has 0 radical (unpaired) electrons. The number of benzene rings is 1. The normalized spacial score (nSPS) is 20.5. The molecule has 1 saturated carbocycles. The molecule has 0 bridgehead atoms. The Bertz CT molecular complexity index is 756. The van der Waals surface area contributed by atoms with E-state index >= 15 is 0 Å². The van der Waals surface area contributed by atoms with Crippen molar-refractivity contribution in [3.63, 3.8) is 0 Å². The van der Waals surface area contributed by atoms with Crippen LogP contribution in [0.3, 0.4) is 0 Å². The predicted molar refractivity (Wildman–Crippen MR) is 93.4 cm³/mol. The summed E-state index contributed by atoms with van der Waals surface area (Å²) in [5.74, 6) is 7.18. The fraction of sp³-hybridized carbons (Fsp3) is 0.500. The van der Waals surface area contributed by atoms with Gasteiger partial charge in [-0.15, -0.1) is 0 Å². The molecular weight excluding hydrogens is 298 g/mol. The first-order chi connectivity index (χ1) is 11.8. The summed E-state index contributed by atoms with van der Waals surface area (Å²) in [6.45, 7) is 3.62. The summed E-state index contributed by atoms with van der Waals surface area (Å²) in [7, 11) is 0. The quantitative estimate of drug-likeness (QED) is 0.811. The maximum atomic E-state index is 5.79. The van der Waals surface area contributed by atoms with E-state index in [2.05, 4.69) is 46.3 Å². The Morgan fingerprint density at radius 3 is 2.67 bits per heavy atom. The van der Waals surface area contributed by atoms with E-state index in [9.17, 15) is 0 Å². The lowest BCUT2D eigenvalue weighted by atomic mass is 10.1. The van der Waals surface area contributed by atoms with Crippen LogP contribution >= 0.6 is 0 Å². The molecule has 4 rings (SSSR count). The Labute approximate surface area is 143 Å². The van der Waals surface area contributed by atoms with Crippen LogP contribution in [-0.4, -0.2) is 27.7 Å². The molecule has 4 heteroatoms. The third-order valence-corrected chi connectivity index (χ3v) is 4.62. The number of aromatic nitrogens is 3. The number of ether oxygens (including phenoxy) is 1. The first-order valence-electron chi connectivity index (χ1n) is 8.93. The zero-order chi connectivity index (χ0) is 16.4. The third-order valence-electron chi connectivity index (χ3n) is 4.62. The average Bonchev–Trinajstić information content (AvgIpc) is 3.37. The lowest BCUT2D eigenvalue weighted by Gasteiger charge is -2.21. The molecule has 2 aromatic rings. The molecule has 0 spiro atoms. The molecule has 24 heavy (non-hydrogen) atoms. The van der Waals surface area contributed by atoms with Gasteiger partial charge in [0.05, 0.1) is 18.3 Å². The number of aryl methyl sites for hydroxylation is 1. The molecule has 1 saturated heterocycles. The molecule has 1 atom stereocenters. The maximum absolute atomic E-state index is 5.79. The summed E-state index contributed by atoms with van der Waals surface area (Å²) >= 11 is 0. The molecule has 1 unspecified atom stereocenters. The minimum Gasteiger partial charge on any atom is -0.376 e. The fourth-order valence-corrected chi connectivity index (χ4v) is 3.04. The van der Waals surface area contributed by atoms with Crippen molar-refractivity contribution < 1.29 is 4.74 Å². The van der Waals surface area contributed by atoms with Crippen molar-refractivity contribution in [3.05, 3.63) is 35.5 Å². The summed E-state index contributed by atoms with van der Waals surface area (Å²) < 4.78 is 5.79. The second kappa shape index (κ2) is 6.78. The van der Waals surface area contributed by atoms with Crippen molar-refractivity contribution >= 4 is 0 Å². The highest BCUT2D eigenvalue weighted by molar-refractivity contribution is 5.62. The summed E-state index contributed by atoms with van der Waals surface area (Å²) in [4.78, 5) is 1.79. The van der Waals surface area contributed by atoms with Gasteiger partial charge in [0.1, 0.15) is 5.69 Å². The van der Waals surface area contributed by atoms with E-state index in [1.54, 1.807) is 4.80 Å². The molecule has 1 aromatic heterocycles. The van der Waals surface area contributed by atoms with Crippen molar-refractivity contribution in [1.82, 2.24) is 15.0 Å². The SMILES string of the molecule is Cc1nn(CC2CCCCO2)nc1-c1ccc(C#CC2CC2)cc1. The molecule has 0 amide bonds. The Hall–Kier alpha value is -2.12. The molecule has 2 heterocycles. The first kappa shape index (κ1) is 15.4. The van der Waals surface area contributed by atoms with Crippen LogP contribution in [0, 0.1) is 24.7 Å². The molecular formula is C20H23N3O. The van der Waals surface area contributed by atoms with E-state index in [-0.39, 0.29) is 6.10 Å². The monoisotopic (exact) mass is 321 g/mol. The van der Waals surface area contributed by atoms with Crippen molar-refractivity contribution in [2.24, 2.45) is 5.92 Å². The van der Waals surface area contributed by atoms with E-state index in [1.165, 1.54) is 25.7 Å². The Balaban J connectivity index is 1.48. The van der Waals surface area contributed by atoms with E-state index in [1.807, 2.05) is 6.92 Å². The molecule has 2 fully saturated rings. The fourth-order valence-electron chi connectivity index (χ4n) is 3.04. The molecule has 124 valence electrons. The minimum absolute atomic E-state index is 0.249. The summed E-state index contributed by atoms with van der Waals surface area (Å²) in [6.07, 6.45) is 6.28. The van der Waals surface area contributed by atoms with Crippen molar-refractivity contribution in [2.75, 3.05) is 6.61 Å². The van der Waals surface area contributed by atoms with Gasteiger partial charge in [-0.05, 0) is 51.2 Å². The van der Waals surface area contributed by atoms with Crippen LogP contribution in [0.15, 0.2) is 24.3 Å². The Kier molecular flexibility index (Phi) is 4.36. The highest BCUT2D eigenvalue weighted by Crippen LogP contribution is 2.27. The number of nitrogens with zero attached hydrogens (tertiary/aromatic N) is 3. The summed E-state index contributed by atoms with van der Waals surface area (Å²) in [5, 5.41) is 9.25. The van der Waals surface area contributed by atoms with Gasteiger partial charge >= 0.3 is 0 Å². The van der Waals surface area contributed by atoms with Gasteiger partial charge in [-0.25, -0.2) is 0 Å². The van der Waals surface area contributed by atoms with Crippen LogP contribution in [0.4, 0.5) is 0 Å². The summed E-state index contributed by atoms with van der Waals surface area (Å²) in [6, 6.07) is 8.34. The smallest absolute Gasteiger partial charge is 0.115 e. The highest BCUT2D eigenvalue weighted by Gasteiger charge is 2.18. The topological polar surface area (TPSA) is 39.9 Å². The van der Waals surface area contributed by atoms with Gasteiger partial charge in [-0.1, -0.05) is 24.0 Å². The zero-order valence-electron chi connectivity index (χ0n) is 14.2. The number of hydrogen-bond donors (Lipinski definition) is 0. The number of rotatable bonds is 3.